The molecule has 1 rings (SSSR count). The fourth-order valence-electron chi connectivity index (χ4n) is 3.61. The van der Waals surface area contributed by atoms with Gasteiger partial charge in [-0.15, -0.1) is 0 Å². The van der Waals surface area contributed by atoms with Crippen molar-refractivity contribution in [1.82, 2.24) is 0 Å². The number of benzene rings is 1. The summed E-state index contributed by atoms with van der Waals surface area (Å²) in [5.41, 5.74) is 2.99. The predicted octanol–water partition coefficient (Wildman–Crippen LogP) is 6.87. The summed E-state index contributed by atoms with van der Waals surface area (Å²) in [6.45, 7) is 18.8. The molecule has 2 atom stereocenters. The molecule has 0 N–H and O–H groups in total. The monoisotopic (exact) mass is 288 g/mol. The van der Waals surface area contributed by atoms with E-state index in [9.17, 15) is 0 Å². The molecule has 0 aliphatic rings. The minimum Gasteiger partial charge on any atom is -0.0628 e. The van der Waals surface area contributed by atoms with E-state index in [-0.39, 0.29) is 0 Å². The zero-order valence-corrected chi connectivity index (χ0v) is 15.5. The fraction of sp³-hybridized carbons (Fsp3) is 0.714. The Morgan fingerprint density at radius 3 is 1.48 bits per heavy atom. The minimum absolute atomic E-state index is 0.619. The van der Waals surface area contributed by atoms with Crippen LogP contribution < -0.4 is 0 Å². The van der Waals surface area contributed by atoms with E-state index in [0.29, 0.717) is 17.8 Å². The first-order chi connectivity index (χ1) is 9.73. The smallest absolute Gasteiger partial charge is 0.0108 e. The van der Waals surface area contributed by atoms with Crippen LogP contribution in [0.25, 0.3) is 0 Å². The predicted molar refractivity (Wildman–Crippen MR) is 95.9 cm³/mol. The van der Waals surface area contributed by atoms with Crippen molar-refractivity contribution in [3.8, 4) is 0 Å². The van der Waals surface area contributed by atoms with Gasteiger partial charge in [-0.25, -0.2) is 0 Å². The highest BCUT2D eigenvalue weighted by Crippen LogP contribution is 2.40. The first-order valence-corrected chi connectivity index (χ1v) is 8.83. The van der Waals surface area contributed by atoms with Gasteiger partial charge in [-0.1, -0.05) is 79.7 Å². The molecule has 0 fully saturated rings. The molecule has 2 unspecified atom stereocenters. The third kappa shape index (κ3) is 5.16. The van der Waals surface area contributed by atoms with Gasteiger partial charge in [-0.2, -0.15) is 0 Å². The average molecular weight is 289 g/mol. The third-order valence-corrected chi connectivity index (χ3v) is 4.77. The molecular weight excluding hydrogens is 252 g/mol. The summed E-state index contributed by atoms with van der Waals surface area (Å²) in [6, 6.07) is 9.44. The van der Waals surface area contributed by atoms with Gasteiger partial charge in [0.15, 0.2) is 0 Å². The van der Waals surface area contributed by atoms with Gasteiger partial charge in [0.25, 0.3) is 0 Å². The summed E-state index contributed by atoms with van der Waals surface area (Å²) in [7, 11) is 0. The molecule has 0 heteroatoms. The van der Waals surface area contributed by atoms with Crippen molar-refractivity contribution < 1.29 is 0 Å². The summed E-state index contributed by atoms with van der Waals surface area (Å²) < 4.78 is 0. The Balaban J connectivity index is 3.09. The van der Waals surface area contributed by atoms with Gasteiger partial charge in [-0.3, -0.25) is 0 Å². The molecule has 21 heavy (non-hydrogen) atoms. The minimum atomic E-state index is 0.619. The van der Waals surface area contributed by atoms with E-state index < -0.39 is 0 Å². The third-order valence-electron chi connectivity index (χ3n) is 4.77. The van der Waals surface area contributed by atoms with Gasteiger partial charge in [0.05, 0.1) is 0 Å². The second kappa shape index (κ2) is 8.01. The highest BCUT2D eigenvalue weighted by Gasteiger charge is 2.29. The van der Waals surface area contributed by atoms with Crippen LogP contribution in [0.4, 0.5) is 0 Å². The molecule has 1 aromatic rings. The lowest BCUT2D eigenvalue weighted by Gasteiger charge is -2.35. The molecular formula is C21H36. The molecule has 0 aliphatic carbocycles. The largest absolute Gasteiger partial charge is 0.0628 e. The summed E-state index contributed by atoms with van der Waals surface area (Å²) in [5.74, 6) is 4.27. The second-order valence-corrected chi connectivity index (χ2v) is 8.13. The molecule has 0 spiro atoms. The van der Waals surface area contributed by atoms with Crippen molar-refractivity contribution in [1.29, 1.82) is 0 Å². The van der Waals surface area contributed by atoms with Gasteiger partial charge in [-0.05, 0) is 53.1 Å². The molecule has 0 nitrogen and oxygen atoms in total. The lowest BCUT2D eigenvalue weighted by atomic mass is 9.70. The van der Waals surface area contributed by atoms with Crippen LogP contribution in [-0.4, -0.2) is 0 Å². The SMILES string of the molecule is CC(C)CC(C(C)C)C(c1ccc(C(C)C)cc1)C(C)C. The molecule has 0 heterocycles. The maximum absolute atomic E-state index is 2.39. The van der Waals surface area contributed by atoms with Crippen molar-refractivity contribution in [2.45, 2.75) is 73.6 Å². The van der Waals surface area contributed by atoms with Crippen molar-refractivity contribution in [2.24, 2.45) is 23.7 Å². The Kier molecular flexibility index (Phi) is 6.97. The van der Waals surface area contributed by atoms with Gasteiger partial charge < -0.3 is 0 Å². The number of hydrogen-bond donors (Lipinski definition) is 0. The van der Waals surface area contributed by atoms with Gasteiger partial charge in [0, 0.05) is 0 Å². The Bertz CT molecular complexity index is 395. The maximum atomic E-state index is 2.39. The Morgan fingerprint density at radius 2 is 1.14 bits per heavy atom. The molecule has 0 radical (unpaired) electrons. The van der Waals surface area contributed by atoms with Crippen LogP contribution in [0, 0.1) is 23.7 Å². The molecule has 0 amide bonds. The molecule has 0 saturated carbocycles. The first-order valence-electron chi connectivity index (χ1n) is 8.83. The molecule has 120 valence electrons. The van der Waals surface area contributed by atoms with Gasteiger partial charge in [0.2, 0.25) is 0 Å². The molecule has 0 aliphatic heterocycles. The lowest BCUT2D eigenvalue weighted by Crippen LogP contribution is -2.24. The van der Waals surface area contributed by atoms with Crippen molar-refractivity contribution >= 4 is 0 Å². The van der Waals surface area contributed by atoms with Crippen LogP contribution in [-0.2, 0) is 0 Å². The second-order valence-electron chi connectivity index (χ2n) is 8.13. The zero-order valence-electron chi connectivity index (χ0n) is 15.5. The normalized spacial score (nSPS) is 15.2. The molecule has 1 aromatic carbocycles. The molecule has 0 saturated heterocycles. The quantitative estimate of drug-likeness (QED) is 0.513. The van der Waals surface area contributed by atoms with Gasteiger partial charge in [0.1, 0.15) is 0 Å². The number of hydrogen-bond acceptors (Lipinski definition) is 0. The summed E-state index contributed by atoms with van der Waals surface area (Å²) >= 11 is 0. The van der Waals surface area contributed by atoms with E-state index in [1.165, 1.54) is 17.5 Å². The standard InChI is InChI=1S/C21H36/c1-14(2)13-20(16(5)6)21(17(7)8)19-11-9-18(10-12-19)15(3)4/h9-12,14-17,20-21H,13H2,1-8H3. The highest BCUT2D eigenvalue weighted by atomic mass is 14.3. The summed E-state index contributed by atoms with van der Waals surface area (Å²) in [4.78, 5) is 0. The first kappa shape index (κ1) is 18.3. The van der Waals surface area contributed by atoms with Crippen molar-refractivity contribution in [3.05, 3.63) is 35.4 Å². The summed E-state index contributed by atoms with van der Waals surface area (Å²) in [5, 5.41) is 0. The van der Waals surface area contributed by atoms with Gasteiger partial charge >= 0.3 is 0 Å². The number of rotatable bonds is 7. The van der Waals surface area contributed by atoms with Crippen molar-refractivity contribution in [3.63, 3.8) is 0 Å². The summed E-state index contributed by atoms with van der Waals surface area (Å²) in [6.07, 6.45) is 1.33. The van der Waals surface area contributed by atoms with E-state index in [1.807, 2.05) is 0 Å². The molecule has 0 bridgehead atoms. The van der Waals surface area contributed by atoms with E-state index in [4.69, 9.17) is 0 Å². The molecule has 0 aromatic heterocycles. The van der Waals surface area contributed by atoms with E-state index in [1.54, 1.807) is 0 Å². The van der Waals surface area contributed by atoms with E-state index >= 15 is 0 Å². The van der Waals surface area contributed by atoms with Crippen LogP contribution in [0.1, 0.15) is 84.8 Å². The van der Waals surface area contributed by atoms with Crippen molar-refractivity contribution in [2.75, 3.05) is 0 Å². The van der Waals surface area contributed by atoms with E-state index in [0.717, 1.165) is 17.8 Å². The Hall–Kier alpha value is -0.780. The lowest BCUT2D eigenvalue weighted by molar-refractivity contribution is 0.227. The fourth-order valence-corrected chi connectivity index (χ4v) is 3.61. The van der Waals surface area contributed by atoms with E-state index in [2.05, 4.69) is 79.7 Å². The Morgan fingerprint density at radius 1 is 0.667 bits per heavy atom. The topological polar surface area (TPSA) is 0 Å². The highest BCUT2D eigenvalue weighted by molar-refractivity contribution is 5.28. The maximum Gasteiger partial charge on any atom is -0.0108 e. The van der Waals surface area contributed by atoms with Crippen LogP contribution in [0.3, 0.4) is 0 Å². The van der Waals surface area contributed by atoms with Crippen LogP contribution in [0.15, 0.2) is 24.3 Å². The van der Waals surface area contributed by atoms with Crippen LogP contribution in [0.5, 0.6) is 0 Å². The zero-order chi connectivity index (χ0) is 16.2. The van der Waals surface area contributed by atoms with Crippen LogP contribution in [0.2, 0.25) is 0 Å². The Labute approximate surface area is 133 Å². The van der Waals surface area contributed by atoms with Crippen LogP contribution >= 0.6 is 0 Å². The average Bonchev–Trinajstić information content (AvgIpc) is 2.37.